The molecule has 10 heteroatoms. The fraction of sp³-hybridized carbons (Fsp3) is 0.391. The predicted octanol–water partition coefficient (Wildman–Crippen LogP) is 2.69. The molecule has 176 valence electrons. The summed E-state index contributed by atoms with van der Waals surface area (Å²) in [5, 5.41) is 10.5. The summed E-state index contributed by atoms with van der Waals surface area (Å²) in [4.78, 5) is 18.6. The Hall–Kier alpha value is -2.82. The van der Waals surface area contributed by atoms with Crippen molar-refractivity contribution in [3.8, 4) is 0 Å². The number of pyridine rings is 1. The monoisotopic (exact) mass is 474 g/mol. The molecule has 1 aliphatic rings. The van der Waals surface area contributed by atoms with Gasteiger partial charge in [0.1, 0.15) is 11.5 Å². The topological polar surface area (TPSA) is 95.7 Å². The molecular weight excluding hydrogens is 447 g/mol. The Bertz CT molecular complexity index is 1270. The first kappa shape index (κ1) is 23.3. The molecule has 1 N–H and O–H groups in total. The van der Waals surface area contributed by atoms with Crippen molar-refractivity contribution in [1.82, 2.24) is 19.5 Å². The molecule has 3 heterocycles. The number of aromatic nitrogens is 2. The SMILES string of the molecule is CCS(=O)(=O)C1CCN(Cc2cn(Cc3ccc(F)cc3)c3cnc(C(=O)N(C)O)cc23)C1. The quantitative estimate of drug-likeness (QED) is 0.418. The molecule has 4 rings (SSSR count). The maximum absolute atomic E-state index is 13.3. The minimum Gasteiger partial charge on any atom is -0.341 e. The standard InChI is InChI=1S/C23H27FN4O4S/c1-3-33(31,32)19-8-9-27(15-19)13-17-14-28(12-16-4-6-18(24)7-5-16)22-11-25-21(10-20(17)22)23(29)26(2)30/h4-7,10-11,14,19,30H,3,8-9,12-13,15H2,1-2H3. The minimum atomic E-state index is -3.10. The second-order valence-electron chi connectivity index (χ2n) is 8.42. The van der Waals surface area contributed by atoms with Gasteiger partial charge in [0.15, 0.2) is 9.84 Å². The number of hydrogen-bond acceptors (Lipinski definition) is 6. The third-order valence-electron chi connectivity index (χ3n) is 6.16. The Morgan fingerprint density at radius 2 is 2.00 bits per heavy atom. The Balaban J connectivity index is 1.68. The molecule has 8 nitrogen and oxygen atoms in total. The fourth-order valence-corrected chi connectivity index (χ4v) is 5.67. The van der Waals surface area contributed by atoms with Crippen LogP contribution >= 0.6 is 0 Å². The Morgan fingerprint density at radius 3 is 2.67 bits per heavy atom. The molecule has 0 bridgehead atoms. The van der Waals surface area contributed by atoms with E-state index in [4.69, 9.17) is 0 Å². The lowest BCUT2D eigenvalue weighted by molar-refractivity contribution is -0.0379. The lowest BCUT2D eigenvalue weighted by Crippen LogP contribution is -2.27. The maximum atomic E-state index is 13.3. The normalized spacial score (nSPS) is 17.0. The predicted molar refractivity (Wildman–Crippen MR) is 122 cm³/mol. The average Bonchev–Trinajstić information content (AvgIpc) is 3.40. The average molecular weight is 475 g/mol. The van der Waals surface area contributed by atoms with Gasteiger partial charge in [0.2, 0.25) is 0 Å². The zero-order valence-electron chi connectivity index (χ0n) is 18.6. The van der Waals surface area contributed by atoms with Gasteiger partial charge in [0, 0.05) is 44.0 Å². The number of hydroxylamine groups is 2. The molecule has 33 heavy (non-hydrogen) atoms. The molecule has 1 aliphatic heterocycles. The summed E-state index contributed by atoms with van der Waals surface area (Å²) in [6, 6.07) is 7.90. The molecule has 0 saturated carbocycles. The molecule has 2 aromatic heterocycles. The number of carbonyl (C=O) groups is 1. The third-order valence-corrected chi connectivity index (χ3v) is 8.37. The van der Waals surface area contributed by atoms with E-state index in [2.05, 4.69) is 9.88 Å². The fourth-order valence-electron chi connectivity index (χ4n) is 4.30. The lowest BCUT2D eigenvalue weighted by atomic mass is 10.1. The van der Waals surface area contributed by atoms with Crippen molar-refractivity contribution >= 4 is 26.6 Å². The van der Waals surface area contributed by atoms with Crippen LogP contribution in [0, 0.1) is 5.82 Å². The van der Waals surface area contributed by atoms with Crippen molar-refractivity contribution in [2.75, 3.05) is 25.9 Å². The lowest BCUT2D eigenvalue weighted by Gasteiger charge is -2.15. The molecular formula is C23H27FN4O4S. The van der Waals surface area contributed by atoms with E-state index in [9.17, 15) is 22.8 Å². The van der Waals surface area contributed by atoms with Crippen molar-refractivity contribution in [1.29, 1.82) is 0 Å². The van der Waals surface area contributed by atoms with Crippen LogP contribution in [-0.4, -0.2) is 70.2 Å². The Labute approximate surface area is 192 Å². The van der Waals surface area contributed by atoms with Crippen LogP contribution in [0.2, 0.25) is 0 Å². The van der Waals surface area contributed by atoms with Gasteiger partial charge < -0.3 is 4.57 Å². The van der Waals surface area contributed by atoms with Gasteiger partial charge >= 0.3 is 0 Å². The molecule has 3 aromatic rings. The number of sulfone groups is 1. The Morgan fingerprint density at radius 1 is 1.27 bits per heavy atom. The van der Waals surface area contributed by atoms with Crippen molar-refractivity contribution in [3.05, 3.63) is 65.4 Å². The molecule has 0 spiro atoms. The van der Waals surface area contributed by atoms with Crippen LogP contribution in [0.15, 0.2) is 42.7 Å². The van der Waals surface area contributed by atoms with E-state index in [0.717, 1.165) is 22.0 Å². The van der Waals surface area contributed by atoms with Gasteiger partial charge in [-0.25, -0.2) is 22.9 Å². The molecule has 1 atom stereocenters. The number of hydrogen-bond donors (Lipinski definition) is 1. The zero-order valence-corrected chi connectivity index (χ0v) is 19.4. The van der Waals surface area contributed by atoms with Crippen LogP contribution in [0.25, 0.3) is 10.9 Å². The highest BCUT2D eigenvalue weighted by molar-refractivity contribution is 7.92. The van der Waals surface area contributed by atoms with Crippen LogP contribution < -0.4 is 0 Å². The smallest absolute Gasteiger partial charge is 0.295 e. The second-order valence-corrected chi connectivity index (χ2v) is 11.0. The van der Waals surface area contributed by atoms with Crippen LogP contribution in [0.1, 0.15) is 35.0 Å². The molecule has 1 amide bonds. The van der Waals surface area contributed by atoms with E-state index < -0.39 is 15.7 Å². The van der Waals surface area contributed by atoms with Gasteiger partial charge in [0.05, 0.1) is 17.0 Å². The van der Waals surface area contributed by atoms with Gasteiger partial charge in [-0.1, -0.05) is 19.1 Å². The van der Waals surface area contributed by atoms with Gasteiger partial charge in [-0.05, 0) is 42.3 Å². The van der Waals surface area contributed by atoms with Crippen LogP contribution in [0.4, 0.5) is 4.39 Å². The zero-order chi connectivity index (χ0) is 23.8. The highest BCUT2D eigenvalue weighted by Crippen LogP contribution is 2.27. The number of benzene rings is 1. The molecule has 0 radical (unpaired) electrons. The van der Waals surface area contributed by atoms with Gasteiger partial charge in [-0.2, -0.15) is 0 Å². The summed E-state index contributed by atoms with van der Waals surface area (Å²) in [7, 11) is -1.85. The number of amides is 1. The first-order valence-corrected chi connectivity index (χ1v) is 12.5. The van der Waals surface area contributed by atoms with Crippen LogP contribution in [-0.2, 0) is 22.9 Å². The molecule has 1 saturated heterocycles. The maximum Gasteiger partial charge on any atom is 0.295 e. The van der Waals surface area contributed by atoms with Crippen molar-refractivity contribution < 1.29 is 22.8 Å². The van der Waals surface area contributed by atoms with Gasteiger partial charge in [-0.3, -0.25) is 14.9 Å². The van der Waals surface area contributed by atoms with E-state index in [1.165, 1.54) is 19.2 Å². The summed E-state index contributed by atoms with van der Waals surface area (Å²) in [5.74, 6) is -0.793. The Kier molecular flexibility index (Phi) is 6.51. The van der Waals surface area contributed by atoms with Crippen molar-refractivity contribution in [2.24, 2.45) is 0 Å². The summed E-state index contributed by atoms with van der Waals surface area (Å²) in [6.07, 6.45) is 4.16. The largest absolute Gasteiger partial charge is 0.341 e. The van der Waals surface area contributed by atoms with Crippen molar-refractivity contribution in [3.63, 3.8) is 0 Å². The van der Waals surface area contributed by atoms with E-state index in [1.807, 2.05) is 10.8 Å². The van der Waals surface area contributed by atoms with Crippen LogP contribution in [0.5, 0.6) is 0 Å². The molecule has 1 fully saturated rings. The minimum absolute atomic E-state index is 0.112. The third kappa shape index (κ3) is 4.92. The summed E-state index contributed by atoms with van der Waals surface area (Å²) >= 11 is 0. The number of likely N-dealkylation sites (tertiary alicyclic amines) is 1. The number of fused-ring (bicyclic) bond motifs is 1. The number of carbonyl (C=O) groups excluding carboxylic acids is 1. The van der Waals surface area contributed by atoms with Gasteiger partial charge in [-0.15, -0.1) is 0 Å². The summed E-state index contributed by atoms with van der Waals surface area (Å²) in [6.45, 7) is 3.82. The first-order chi connectivity index (χ1) is 15.7. The van der Waals surface area contributed by atoms with E-state index in [-0.39, 0.29) is 22.5 Å². The number of rotatable bonds is 7. The van der Waals surface area contributed by atoms with E-state index >= 15 is 0 Å². The van der Waals surface area contributed by atoms with Crippen molar-refractivity contribution in [2.45, 2.75) is 31.7 Å². The summed E-state index contributed by atoms with van der Waals surface area (Å²) < 4.78 is 39.9. The second kappa shape index (κ2) is 9.20. The number of nitrogens with zero attached hydrogens (tertiary/aromatic N) is 4. The number of halogens is 1. The first-order valence-electron chi connectivity index (χ1n) is 10.8. The van der Waals surface area contributed by atoms with Crippen LogP contribution in [0.3, 0.4) is 0 Å². The molecule has 0 aliphatic carbocycles. The summed E-state index contributed by atoms with van der Waals surface area (Å²) in [5.41, 5.74) is 2.74. The highest BCUT2D eigenvalue weighted by Gasteiger charge is 2.32. The van der Waals surface area contributed by atoms with Gasteiger partial charge in [0.25, 0.3) is 5.91 Å². The molecule has 1 unspecified atom stereocenters. The highest BCUT2D eigenvalue weighted by atomic mass is 32.2. The molecule has 1 aromatic carbocycles. The van der Waals surface area contributed by atoms with E-state index in [1.54, 1.807) is 31.3 Å². The van der Waals surface area contributed by atoms with E-state index in [0.29, 0.717) is 37.7 Å².